The Balaban J connectivity index is 1.68. The maximum Gasteiger partial charge on any atom is 0.410 e. The molecule has 2 amide bonds. The lowest BCUT2D eigenvalue weighted by molar-refractivity contribution is -0.556. The molecule has 4 rings (SSSR count). The van der Waals surface area contributed by atoms with E-state index in [1.807, 2.05) is 40.7 Å². The minimum atomic E-state index is -1.53. The summed E-state index contributed by atoms with van der Waals surface area (Å²) in [6, 6.07) is 3.12. The van der Waals surface area contributed by atoms with Gasteiger partial charge in [-0.3, -0.25) is 13.9 Å². The van der Waals surface area contributed by atoms with E-state index < -0.39 is 28.5 Å². The minimum absolute atomic E-state index is 0.0861. The summed E-state index contributed by atoms with van der Waals surface area (Å²) in [6.07, 6.45) is 4.24. The SMILES string of the molecule is C[NH2+]/C=C1/C=C(NC(=O)c2ccc(N3C[C@@H](C)N(C(=O)OC(C)(C)C)[C@@H](C)C3)c3cnc(S(C)=O)nc23)CC(F)C1=N. The van der Waals surface area contributed by atoms with E-state index in [-0.39, 0.29) is 41.0 Å². The van der Waals surface area contributed by atoms with E-state index in [1.54, 1.807) is 41.8 Å². The number of nitrogens with one attached hydrogen (secondary N) is 2. The van der Waals surface area contributed by atoms with Gasteiger partial charge in [0.25, 0.3) is 5.91 Å². The smallest absolute Gasteiger partial charge is 0.410 e. The van der Waals surface area contributed by atoms with Crippen LogP contribution in [0.4, 0.5) is 14.9 Å². The molecule has 0 saturated carbocycles. The predicted molar refractivity (Wildman–Crippen MR) is 160 cm³/mol. The number of halogens is 1. The van der Waals surface area contributed by atoms with Crippen molar-refractivity contribution in [1.82, 2.24) is 20.2 Å². The van der Waals surface area contributed by atoms with E-state index in [0.29, 0.717) is 35.3 Å². The third kappa shape index (κ3) is 6.67. The molecule has 0 radical (unpaired) electrons. The van der Waals surface area contributed by atoms with E-state index in [2.05, 4.69) is 20.2 Å². The molecule has 0 spiro atoms. The van der Waals surface area contributed by atoms with Gasteiger partial charge < -0.3 is 25.7 Å². The summed E-state index contributed by atoms with van der Waals surface area (Å²) in [4.78, 5) is 39.1. The molecular formula is C29H39FN7O4S+. The lowest BCUT2D eigenvalue weighted by atomic mass is 9.95. The number of hydrogen-bond donors (Lipinski definition) is 3. The first-order valence-electron chi connectivity index (χ1n) is 13.8. The van der Waals surface area contributed by atoms with Crippen LogP contribution in [-0.4, -0.2) is 87.0 Å². The molecule has 1 aromatic heterocycles. The average molecular weight is 601 g/mol. The van der Waals surface area contributed by atoms with E-state index in [4.69, 9.17) is 10.1 Å². The highest BCUT2D eigenvalue weighted by molar-refractivity contribution is 7.84. The molecule has 2 unspecified atom stereocenters. The first kappa shape index (κ1) is 31.2. The summed E-state index contributed by atoms with van der Waals surface area (Å²) in [5.41, 5.74) is 1.32. The molecule has 0 bridgehead atoms. The zero-order chi connectivity index (χ0) is 30.9. The molecule has 11 nitrogen and oxygen atoms in total. The summed E-state index contributed by atoms with van der Waals surface area (Å²) in [5.74, 6) is -0.499. The van der Waals surface area contributed by atoms with Crippen molar-refractivity contribution < 1.29 is 28.2 Å². The molecule has 2 aliphatic rings. The monoisotopic (exact) mass is 600 g/mol. The molecule has 4 atom stereocenters. The second kappa shape index (κ2) is 12.3. The molecule has 1 aliphatic carbocycles. The first-order chi connectivity index (χ1) is 19.7. The first-order valence-corrected chi connectivity index (χ1v) is 15.4. The number of carbonyl (C=O) groups excluding carboxylic acids is 2. The highest BCUT2D eigenvalue weighted by Gasteiger charge is 2.36. The zero-order valence-electron chi connectivity index (χ0n) is 25.0. The summed E-state index contributed by atoms with van der Waals surface area (Å²) >= 11 is 0. The van der Waals surface area contributed by atoms with Crippen LogP contribution < -0.4 is 15.5 Å². The number of rotatable bonds is 5. The molecule has 2 aromatic rings. The van der Waals surface area contributed by atoms with Gasteiger partial charge in [-0.15, -0.1) is 0 Å². The van der Waals surface area contributed by atoms with Crippen molar-refractivity contribution >= 4 is 45.1 Å². The van der Waals surface area contributed by atoms with Crippen LogP contribution in [0.2, 0.25) is 0 Å². The lowest BCUT2D eigenvalue weighted by Gasteiger charge is -2.45. The fraction of sp³-hybridized carbons (Fsp3) is 0.483. The number of allylic oxidation sites excluding steroid dienone is 3. The second-order valence-corrected chi connectivity index (χ2v) is 12.9. The van der Waals surface area contributed by atoms with Crippen molar-refractivity contribution in [3.8, 4) is 0 Å². The van der Waals surface area contributed by atoms with Gasteiger partial charge in [-0.25, -0.2) is 19.2 Å². The average Bonchev–Trinajstić information content (AvgIpc) is 2.89. The summed E-state index contributed by atoms with van der Waals surface area (Å²) in [7, 11) is 0.282. The molecule has 1 aromatic carbocycles. The van der Waals surface area contributed by atoms with Crippen molar-refractivity contribution in [2.75, 3.05) is 31.3 Å². The Bertz CT molecular complexity index is 1490. The number of fused-ring (bicyclic) bond motifs is 1. The van der Waals surface area contributed by atoms with Crippen LogP contribution in [0.3, 0.4) is 0 Å². The van der Waals surface area contributed by atoms with Gasteiger partial charge in [0.05, 0.1) is 52.3 Å². The fourth-order valence-corrected chi connectivity index (χ4v) is 5.72. The number of ether oxygens (including phenoxy) is 1. The van der Waals surface area contributed by atoms with Crippen molar-refractivity contribution in [2.24, 2.45) is 0 Å². The summed E-state index contributed by atoms with van der Waals surface area (Å²) in [5, 5.41) is 13.2. The van der Waals surface area contributed by atoms with Gasteiger partial charge in [-0.1, -0.05) is 0 Å². The Hall–Kier alpha value is -3.71. The van der Waals surface area contributed by atoms with Crippen LogP contribution in [0.5, 0.6) is 0 Å². The third-order valence-corrected chi connectivity index (χ3v) is 7.76. The number of benzene rings is 1. The van der Waals surface area contributed by atoms with E-state index in [9.17, 15) is 18.2 Å². The van der Waals surface area contributed by atoms with E-state index >= 15 is 0 Å². The largest absolute Gasteiger partial charge is 0.444 e. The number of alkyl halides is 1. The number of amides is 2. The number of quaternary nitrogens is 1. The van der Waals surface area contributed by atoms with Crippen molar-refractivity contribution in [1.29, 1.82) is 5.41 Å². The Labute approximate surface area is 247 Å². The quantitative estimate of drug-likeness (QED) is 0.448. The van der Waals surface area contributed by atoms with Crippen LogP contribution in [0.15, 0.2) is 47.0 Å². The van der Waals surface area contributed by atoms with Crippen molar-refractivity contribution in [2.45, 2.75) is 70.1 Å². The van der Waals surface area contributed by atoms with Crippen LogP contribution in [0.25, 0.3) is 10.9 Å². The standard InChI is InChI=1S/C29H38FN7O4S/c1-16-14-36(15-17(2)37(16)28(39)41-29(3,4)5)23-9-8-20(25-21(23)13-33-27(35-25)42(7)40)26(38)34-19-10-18(12-32-6)24(31)22(30)11-19/h8-10,12-13,16-17,22,31-32H,11,14-15H2,1-7H3,(H,34,38)/p+1/b18-12-,31-24?/t16-,17+,22?,42?. The fourth-order valence-electron chi connectivity index (χ4n) is 5.30. The molecule has 4 N–H and O–H groups in total. The van der Waals surface area contributed by atoms with Crippen molar-refractivity contribution in [3.63, 3.8) is 0 Å². The Morgan fingerprint density at radius 3 is 2.50 bits per heavy atom. The Kier molecular flexibility index (Phi) is 9.12. The highest BCUT2D eigenvalue weighted by atomic mass is 32.2. The number of aromatic nitrogens is 2. The number of hydrogen-bond acceptors (Lipinski definition) is 8. The summed E-state index contributed by atoms with van der Waals surface area (Å²) < 4.78 is 32.5. The van der Waals surface area contributed by atoms with E-state index in [1.165, 1.54) is 6.26 Å². The van der Waals surface area contributed by atoms with Gasteiger partial charge in [0, 0.05) is 48.7 Å². The molecule has 42 heavy (non-hydrogen) atoms. The topological polar surface area (TPSA) is 145 Å². The van der Waals surface area contributed by atoms with Gasteiger partial charge in [-0.05, 0) is 52.8 Å². The number of anilines is 1. The highest BCUT2D eigenvalue weighted by Crippen LogP contribution is 2.32. The maximum atomic E-state index is 14.6. The normalized spacial score (nSPS) is 23.1. The number of carbonyl (C=O) groups is 2. The van der Waals surface area contributed by atoms with Crippen LogP contribution in [0, 0.1) is 5.41 Å². The molecule has 13 heteroatoms. The van der Waals surface area contributed by atoms with Gasteiger partial charge in [-0.2, -0.15) is 0 Å². The minimum Gasteiger partial charge on any atom is -0.444 e. The Morgan fingerprint density at radius 1 is 1.24 bits per heavy atom. The maximum absolute atomic E-state index is 14.6. The van der Waals surface area contributed by atoms with Crippen LogP contribution in [-0.2, 0) is 15.5 Å². The van der Waals surface area contributed by atoms with E-state index in [0.717, 1.165) is 5.69 Å². The molecular weight excluding hydrogens is 561 g/mol. The van der Waals surface area contributed by atoms with Gasteiger partial charge in [0.15, 0.2) is 0 Å². The van der Waals surface area contributed by atoms with Gasteiger partial charge in [0.1, 0.15) is 18.0 Å². The molecule has 226 valence electrons. The number of nitrogens with two attached hydrogens (primary N) is 1. The van der Waals surface area contributed by atoms with Crippen molar-refractivity contribution in [3.05, 3.63) is 47.4 Å². The zero-order valence-corrected chi connectivity index (χ0v) is 25.8. The second-order valence-electron chi connectivity index (χ2n) is 11.7. The summed E-state index contributed by atoms with van der Waals surface area (Å²) in [6.45, 7) is 10.4. The van der Waals surface area contributed by atoms with Crippen LogP contribution in [0.1, 0.15) is 51.4 Å². The molecule has 2 heterocycles. The van der Waals surface area contributed by atoms with Gasteiger partial charge >= 0.3 is 6.09 Å². The molecule has 1 aliphatic heterocycles. The Morgan fingerprint density at radius 2 is 1.90 bits per heavy atom. The van der Waals surface area contributed by atoms with Crippen LogP contribution >= 0.6 is 0 Å². The number of piperazine rings is 1. The molecule has 1 saturated heterocycles. The third-order valence-electron chi connectivity index (χ3n) is 7.04. The van der Waals surface area contributed by atoms with Gasteiger partial charge in [0.2, 0.25) is 5.16 Å². The number of nitrogens with zero attached hydrogens (tertiary/aromatic N) is 4. The predicted octanol–water partition coefficient (Wildman–Crippen LogP) is 2.65. The lowest BCUT2D eigenvalue weighted by Crippen LogP contribution is -2.73. The molecule has 1 fully saturated rings.